The molecular formula is C31H29N5O4. The van der Waals surface area contributed by atoms with Crippen molar-refractivity contribution in [2.75, 3.05) is 11.9 Å². The van der Waals surface area contributed by atoms with Crippen molar-refractivity contribution in [2.45, 2.75) is 37.8 Å². The number of carbonyl (C=O) groups excluding carboxylic acids is 4. The predicted octanol–water partition coefficient (Wildman–Crippen LogP) is 4.15. The van der Waals surface area contributed by atoms with Gasteiger partial charge in [-0.3, -0.25) is 29.1 Å². The summed E-state index contributed by atoms with van der Waals surface area (Å²) in [4.78, 5) is 61.0. The van der Waals surface area contributed by atoms with E-state index in [0.29, 0.717) is 18.5 Å². The van der Waals surface area contributed by atoms with E-state index in [-0.39, 0.29) is 23.6 Å². The maximum Gasteiger partial charge on any atom is 0.262 e. The molecule has 0 radical (unpaired) electrons. The zero-order chi connectivity index (χ0) is 27.9. The van der Waals surface area contributed by atoms with Crippen LogP contribution in [0.1, 0.15) is 52.0 Å². The summed E-state index contributed by atoms with van der Waals surface area (Å²) in [6.07, 6.45) is 7.76. The molecule has 1 saturated carbocycles. The normalized spacial score (nSPS) is 15.9. The number of carbonyl (C=O) groups is 4. The van der Waals surface area contributed by atoms with Crippen molar-refractivity contribution in [3.05, 3.63) is 95.9 Å². The van der Waals surface area contributed by atoms with Gasteiger partial charge in [0.25, 0.3) is 11.8 Å². The van der Waals surface area contributed by atoms with E-state index < -0.39 is 29.8 Å². The van der Waals surface area contributed by atoms with Crippen molar-refractivity contribution in [1.29, 1.82) is 0 Å². The fraction of sp³-hybridized carbons (Fsp3) is 0.258. The highest BCUT2D eigenvalue weighted by Crippen LogP contribution is 2.38. The van der Waals surface area contributed by atoms with Gasteiger partial charge >= 0.3 is 0 Å². The molecule has 2 aromatic carbocycles. The molecule has 1 aliphatic carbocycles. The summed E-state index contributed by atoms with van der Waals surface area (Å²) in [6.45, 7) is -0.321. The van der Waals surface area contributed by atoms with Gasteiger partial charge in [-0.15, -0.1) is 0 Å². The van der Waals surface area contributed by atoms with Crippen molar-refractivity contribution in [3.63, 3.8) is 0 Å². The SMILES string of the molecule is Cn1ccc2cc(NC(=O)C3(N(Cc4cccnc4)C(=O)CN4C(=O)c5ccccc5C4=O)CCCC3)ccc21. The quantitative estimate of drug-likeness (QED) is 0.358. The average molecular weight is 536 g/mol. The second-order valence-electron chi connectivity index (χ2n) is 10.5. The maximum absolute atomic E-state index is 14.1. The number of nitrogens with one attached hydrogen (secondary N) is 1. The van der Waals surface area contributed by atoms with E-state index in [9.17, 15) is 19.2 Å². The van der Waals surface area contributed by atoms with Crippen LogP contribution < -0.4 is 5.32 Å². The Bertz CT molecular complexity index is 1600. The molecule has 1 aliphatic heterocycles. The van der Waals surface area contributed by atoms with Gasteiger partial charge in [0.05, 0.1) is 11.1 Å². The Morgan fingerprint density at radius 1 is 0.975 bits per heavy atom. The Labute approximate surface area is 231 Å². The molecule has 0 bridgehead atoms. The number of benzene rings is 2. The zero-order valence-electron chi connectivity index (χ0n) is 22.2. The standard InChI is InChI=1S/C31H29N5O4/c1-34-16-12-22-17-23(10-11-26(22)34)33-30(40)31(13-4-5-14-31)36(19-21-7-6-15-32-18-21)27(37)20-35-28(38)24-8-2-3-9-25(24)29(35)39/h2-3,6-12,15-18H,4-5,13-14,19-20H2,1H3,(H,33,40). The van der Waals surface area contributed by atoms with Crippen molar-refractivity contribution in [3.8, 4) is 0 Å². The Balaban J connectivity index is 1.32. The molecule has 0 spiro atoms. The van der Waals surface area contributed by atoms with Gasteiger partial charge in [0, 0.05) is 48.8 Å². The molecule has 202 valence electrons. The number of hydrogen-bond acceptors (Lipinski definition) is 5. The van der Waals surface area contributed by atoms with Gasteiger partial charge in [0.15, 0.2) is 0 Å². The lowest BCUT2D eigenvalue weighted by molar-refractivity contribution is -0.146. The minimum absolute atomic E-state index is 0.126. The first kappa shape index (κ1) is 25.5. The highest BCUT2D eigenvalue weighted by Gasteiger charge is 2.49. The minimum atomic E-state index is -1.14. The number of aryl methyl sites for hydroxylation is 1. The van der Waals surface area contributed by atoms with E-state index in [1.165, 1.54) is 0 Å². The first-order valence-corrected chi connectivity index (χ1v) is 13.4. The second kappa shape index (κ2) is 10.1. The summed E-state index contributed by atoms with van der Waals surface area (Å²) < 4.78 is 2.01. The summed E-state index contributed by atoms with van der Waals surface area (Å²) in [5.41, 5.74) is 1.86. The molecular weight excluding hydrogens is 506 g/mol. The van der Waals surface area contributed by atoms with Crippen LogP contribution in [0.2, 0.25) is 0 Å². The van der Waals surface area contributed by atoms with Gasteiger partial charge < -0.3 is 14.8 Å². The number of anilines is 1. The molecule has 4 aromatic rings. The molecule has 2 aliphatic rings. The number of pyridine rings is 1. The molecule has 2 aromatic heterocycles. The lowest BCUT2D eigenvalue weighted by atomic mass is 9.92. The molecule has 1 N–H and O–H groups in total. The van der Waals surface area contributed by atoms with Crippen LogP contribution in [0.25, 0.3) is 10.9 Å². The third kappa shape index (κ3) is 4.33. The van der Waals surface area contributed by atoms with E-state index in [4.69, 9.17) is 0 Å². The van der Waals surface area contributed by atoms with Gasteiger partial charge in [-0.25, -0.2) is 0 Å². The summed E-state index contributed by atoms with van der Waals surface area (Å²) in [5, 5.41) is 4.06. The molecule has 40 heavy (non-hydrogen) atoms. The Morgan fingerprint density at radius 2 is 1.70 bits per heavy atom. The molecule has 6 rings (SSSR count). The van der Waals surface area contributed by atoms with Crippen LogP contribution in [-0.4, -0.2) is 55.1 Å². The van der Waals surface area contributed by atoms with Gasteiger partial charge in [-0.1, -0.05) is 31.0 Å². The molecule has 9 heteroatoms. The van der Waals surface area contributed by atoms with Gasteiger partial charge in [0.1, 0.15) is 12.1 Å². The van der Waals surface area contributed by atoms with Crippen molar-refractivity contribution >= 4 is 40.2 Å². The summed E-state index contributed by atoms with van der Waals surface area (Å²) in [7, 11) is 1.96. The maximum atomic E-state index is 14.1. The van der Waals surface area contributed by atoms with Crippen molar-refractivity contribution in [1.82, 2.24) is 19.4 Å². The van der Waals surface area contributed by atoms with Crippen molar-refractivity contribution < 1.29 is 19.2 Å². The van der Waals surface area contributed by atoms with E-state index in [1.54, 1.807) is 47.6 Å². The van der Waals surface area contributed by atoms with Crippen molar-refractivity contribution in [2.24, 2.45) is 7.05 Å². The summed E-state index contributed by atoms with van der Waals surface area (Å²) >= 11 is 0. The molecule has 3 heterocycles. The summed E-state index contributed by atoms with van der Waals surface area (Å²) in [5.74, 6) is -1.75. The van der Waals surface area contributed by atoms with Crippen LogP contribution in [0, 0.1) is 0 Å². The van der Waals surface area contributed by atoms with Crippen LogP contribution in [0.3, 0.4) is 0 Å². The van der Waals surface area contributed by atoms with E-state index >= 15 is 0 Å². The van der Waals surface area contributed by atoms with Gasteiger partial charge in [0.2, 0.25) is 11.8 Å². The van der Waals surface area contributed by atoms with Crippen LogP contribution in [0.15, 0.2) is 79.3 Å². The summed E-state index contributed by atoms with van der Waals surface area (Å²) in [6, 6.07) is 17.9. The van der Waals surface area contributed by atoms with Crippen LogP contribution in [-0.2, 0) is 23.2 Å². The number of aromatic nitrogens is 2. The fourth-order valence-electron chi connectivity index (χ4n) is 5.94. The number of amides is 4. The molecule has 0 saturated heterocycles. The molecule has 4 amide bonds. The third-order valence-corrected chi connectivity index (χ3v) is 8.05. The number of rotatable bonds is 7. The minimum Gasteiger partial charge on any atom is -0.351 e. The van der Waals surface area contributed by atoms with Gasteiger partial charge in [-0.05, 0) is 60.9 Å². The largest absolute Gasteiger partial charge is 0.351 e. The molecule has 0 unspecified atom stereocenters. The number of fused-ring (bicyclic) bond motifs is 2. The Hall–Kier alpha value is -4.79. The lowest BCUT2D eigenvalue weighted by Gasteiger charge is -2.40. The Morgan fingerprint density at radius 3 is 2.38 bits per heavy atom. The fourth-order valence-corrected chi connectivity index (χ4v) is 5.94. The van der Waals surface area contributed by atoms with Crippen LogP contribution in [0.4, 0.5) is 5.69 Å². The smallest absolute Gasteiger partial charge is 0.262 e. The zero-order valence-corrected chi connectivity index (χ0v) is 22.2. The predicted molar refractivity (Wildman–Crippen MR) is 149 cm³/mol. The number of imide groups is 1. The van der Waals surface area contributed by atoms with Crippen LogP contribution >= 0.6 is 0 Å². The molecule has 1 fully saturated rings. The monoisotopic (exact) mass is 535 g/mol. The van der Waals surface area contributed by atoms with Gasteiger partial charge in [-0.2, -0.15) is 0 Å². The lowest BCUT2D eigenvalue weighted by Crippen LogP contribution is -2.59. The van der Waals surface area contributed by atoms with E-state index in [0.717, 1.165) is 34.2 Å². The van der Waals surface area contributed by atoms with E-state index in [1.807, 2.05) is 48.1 Å². The highest BCUT2D eigenvalue weighted by molar-refractivity contribution is 6.22. The Kier molecular flexibility index (Phi) is 6.42. The average Bonchev–Trinajstić information content (AvgIpc) is 3.67. The number of nitrogens with zero attached hydrogens (tertiary/aromatic N) is 4. The first-order valence-electron chi connectivity index (χ1n) is 13.4. The first-order chi connectivity index (χ1) is 19.4. The molecule has 0 atom stereocenters. The second-order valence-corrected chi connectivity index (χ2v) is 10.5. The van der Waals surface area contributed by atoms with Crippen LogP contribution in [0.5, 0.6) is 0 Å². The third-order valence-electron chi connectivity index (χ3n) is 8.05. The number of hydrogen-bond donors (Lipinski definition) is 1. The molecule has 9 nitrogen and oxygen atoms in total. The highest BCUT2D eigenvalue weighted by atomic mass is 16.2. The topological polar surface area (TPSA) is 105 Å². The van der Waals surface area contributed by atoms with E-state index in [2.05, 4.69) is 10.3 Å².